The molecule has 0 amide bonds. The smallest absolute Gasteiger partial charge is 0.155 e. The van der Waals surface area contributed by atoms with Crippen LogP contribution in [0.2, 0.25) is 0 Å². The monoisotopic (exact) mass is 213 g/mol. The molecule has 16 heavy (non-hydrogen) atoms. The van der Waals surface area contributed by atoms with Crippen LogP contribution >= 0.6 is 0 Å². The fourth-order valence-electron chi connectivity index (χ4n) is 1.60. The zero-order valence-corrected chi connectivity index (χ0v) is 8.88. The number of aromatic nitrogens is 1. The minimum atomic E-state index is 0.462. The van der Waals surface area contributed by atoms with Crippen molar-refractivity contribution in [1.29, 1.82) is 0 Å². The molecule has 3 nitrogen and oxygen atoms in total. The summed E-state index contributed by atoms with van der Waals surface area (Å²) in [5.41, 5.74) is 2.27. The van der Waals surface area contributed by atoms with Crippen LogP contribution in [0, 0.1) is 0 Å². The molecular weight excluding hydrogens is 202 g/mol. The standard InChI is InChI=1S/C13H11NO2/c1-16-13-11(9-15)7-14-8-12(13)10-5-3-2-4-6-10/h2-9H,1H3. The highest BCUT2D eigenvalue weighted by Crippen LogP contribution is 2.30. The van der Waals surface area contributed by atoms with E-state index in [-0.39, 0.29) is 0 Å². The Balaban J connectivity index is 2.61. The van der Waals surface area contributed by atoms with Crippen molar-refractivity contribution in [3.8, 4) is 16.9 Å². The van der Waals surface area contributed by atoms with Crippen LogP contribution < -0.4 is 4.74 Å². The Labute approximate surface area is 93.7 Å². The van der Waals surface area contributed by atoms with Gasteiger partial charge in [0.2, 0.25) is 0 Å². The first-order valence-electron chi connectivity index (χ1n) is 4.89. The first kappa shape index (κ1) is 10.4. The molecule has 0 aliphatic heterocycles. The minimum absolute atomic E-state index is 0.462. The first-order valence-corrected chi connectivity index (χ1v) is 4.89. The van der Waals surface area contributed by atoms with E-state index in [9.17, 15) is 4.79 Å². The van der Waals surface area contributed by atoms with Crippen molar-refractivity contribution < 1.29 is 9.53 Å². The molecule has 3 heteroatoms. The summed E-state index contributed by atoms with van der Waals surface area (Å²) in [6.07, 6.45) is 3.94. The lowest BCUT2D eigenvalue weighted by Gasteiger charge is -2.09. The van der Waals surface area contributed by atoms with Crippen molar-refractivity contribution in [2.75, 3.05) is 7.11 Å². The van der Waals surface area contributed by atoms with Gasteiger partial charge in [0.25, 0.3) is 0 Å². The third-order valence-electron chi connectivity index (χ3n) is 2.34. The van der Waals surface area contributed by atoms with Crippen molar-refractivity contribution in [2.45, 2.75) is 0 Å². The summed E-state index contributed by atoms with van der Waals surface area (Å²) in [4.78, 5) is 14.9. The van der Waals surface area contributed by atoms with Crippen molar-refractivity contribution in [1.82, 2.24) is 4.98 Å². The SMILES string of the molecule is COc1c(C=O)cncc1-c1ccccc1. The average molecular weight is 213 g/mol. The van der Waals surface area contributed by atoms with Crippen molar-refractivity contribution in [2.24, 2.45) is 0 Å². The molecule has 0 aliphatic rings. The van der Waals surface area contributed by atoms with E-state index in [1.165, 1.54) is 6.20 Å². The molecule has 0 saturated heterocycles. The largest absolute Gasteiger partial charge is 0.495 e. The van der Waals surface area contributed by atoms with Crippen molar-refractivity contribution >= 4 is 6.29 Å². The van der Waals surface area contributed by atoms with Crippen LogP contribution in [0.5, 0.6) is 5.75 Å². The summed E-state index contributed by atoms with van der Waals surface area (Å²) in [6.45, 7) is 0. The number of carbonyl (C=O) groups excluding carboxylic acids is 1. The fourth-order valence-corrected chi connectivity index (χ4v) is 1.60. The van der Waals surface area contributed by atoms with Crippen LogP contribution in [0.4, 0.5) is 0 Å². The van der Waals surface area contributed by atoms with E-state index in [0.717, 1.165) is 17.4 Å². The minimum Gasteiger partial charge on any atom is -0.495 e. The number of hydrogen-bond acceptors (Lipinski definition) is 3. The maximum absolute atomic E-state index is 10.8. The molecule has 0 fully saturated rings. The number of benzene rings is 1. The third-order valence-corrected chi connectivity index (χ3v) is 2.34. The molecule has 0 atom stereocenters. The molecule has 1 aromatic heterocycles. The summed E-state index contributed by atoms with van der Waals surface area (Å²) in [6, 6.07) is 9.71. The molecule has 0 radical (unpaired) electrons. The Morgan fingerprint density at radius 1 is 1.19 bits per heavy atom. The number of rotatable bonds is 3. The molecule has 2 rings (SSSR count). The van der Waals surface area contributed by atoms with Crippen LogP contribution in [-0.2, 0) is 0 Å². The first-order chi connectivity index (χ1) is 7.86. The lowest BCUT2D eigenvalue weighted by atomic mass is 10.1. The fraction of sp³-hybridized carbons (Fsp3) is 0.0769. The van der Waals surface area contributed by atoms with Gasteiger partial charge in [-0.15, -0.1) is 0 Å². The average Bonchev–Trinajstić information content (AvgIpc) is 2.38. The molecule has 1 heterocycles. The molecule has 2 aromatic rings. The second-order valence-electron chi connectivity index (χ2n) is 3.29. The highest BCUT2D eigenvalue weighted by atomic mass is 16.5. The van der Waals surface area contributed by atoms with E-state index in [4.69, 9.17) is 4.74 Å². The predicted molar refractivity (Wildman–Crippen MR) is 61.6 cm³/mol. The zero-order valence-electron chi connectivity index (χ0n) is 8.88. The Morgan fingerprint density at radius 3 is 2.56 bits per heavy atom. The van der Waals surface area contributed by atoms with E-state index in [2.05, 4.69) is 4.98 Å². The predicted octanol–water partition coefficient (Wildman–Crippen LogP) is 2.57. The molecule has 80 valence electrons. The number of carbonyl (C=O) groups is 1. The van der Waals surface area contributed by atoms with Gasteiger partial charge in [-0.05, 0) is 5.56 Å². The number of methoxy groups -OCH3 is 1. The number of nitrogens with zero attached hydrogens (tertiary/aromatic N) is 1. The quantitative estimate of drug-likeness (QED) is 0.735. The maximum Gasteiger partial charge on any atom is 0.155 e. The van der Waals surface area contributed by atoms with Gasteiger partial charge < -0.3 is 4.74 Å². The normalized spacial score (nSPS) is 9.81. The third kappa shape index (κ3) is 1.80. The van der Waals surface area contributed by atoms with Gasteiger partial charge in [0.05, 0.1) is 12.7 Å². The number of ether oxygens (including phenoxy) is 1. The topological polar surface area (TPSA) is 39.2 Å². The highest BCUT2D eigenvalue weighted by Gasteiger charge is 2.10. The number of pyridine rings is 1. The van der Waals surface area contributed by atoms with Crippen LogP contribution in [0.25, 0.3) is 11.1 Å². The van der Waals surface area contributed by atoms with Crippen LogP contribution in [0.3, 0.4) is 0 Å². The van der Waals surface area contributed by atoms with Crippen LogP contribution in [0.1, 0.15) is 10.4 Å². The van der Waals surface area contributed by atoms with E-state index in [0.29, 0.717) is 11.3 Å². The van der Waals surface area contributed by atoms with Gasteiger partial charge in [0, 0.05) is 18.0 Å². The second kappa shape index (κ2) is 4.57. The molecule has 0 aliphatic carbocycles. The molecule has 0 unspecified atom stereocenters. The lowest BCUT2D eigenvalue weighted by molar-refractivity contribution is 0.112. The second-order valence-corrected chi connectivity index (χ2v) is 3.29. The lowest BCUT2D eigenvalue weighted by Crippen LogP contribution is -1.95. The van der Waals surface area contributed by atoms with Crippen LogP contribution in [0.15, 0.2) is 42.7 Å². The number of aldehydes is 1. The van der Waals surface area contributed by atoms with Crippen molar-refractivity contribution in [3.63, 3.8) is 0 Å². The molecule has 0 bridgehead atoms. The summed E-state index contributed by atoms with van der Waals surface area (Å²) in [5.74, 6) is 0.566. The van der Waals surface area contributed by atoms with Gasteiger partial charge >= 0.3 is 0 Å². The summed E-state index contributed by atoms with van der Waals surface area (Å²) in [7, 11) is 1.55. The Hall–Kier alpha value is -2.16. The molecule has 0 spiro atoms. The zero-order chi connectivity index (χ0) is 11.4. The Bertz CT molecular complexity index is 495. The molecule has 0 N–H and O–H groups in total. The molecule has 0 saturated carbocycles. The van der Waals surface area contributed by atoms with Gasteiger partial charge in [0.15, 0.2) is 6.29 Å². The number of hydrogen-bond donors (Lipinski definition) is 0. The van der Waals surface area contributed by atoms with E-state index in [1.54, 1.807) is 13.3 Å². The van der Waals surface area contributed by atoms with E-state index < -0.39 is 0 Å². The Kier molecular flexibility index (Phi) is 2.96. The van der Waals surface area contributed by atoms with Gasteiger partial charge in [-0.2, -0.15) is 0 Å². The summed E-state index contributed by atoms with van der Waals surface area (Å²) >= 11 is 0. The van der Waals surface area contributed by atoms with E-state index >= 15 is 0 Å². The summed E-state index contributed by atoms with van der Waals surface area (Å²) in [5, 5.41) is 0. The highest BCUT2D eigenvalue weighted by molar-refractivity contribution is 5.85. The Morgan fingerprint density at radius 2 is 1.94 bits per heavy atom. The van der Waals surface area contributed by atoms with E-state index in [1.807, 2.05) is 30.3 Å². The maximum atomic E-state index is 10.8. The van der Waals surface area contributed by atoms with Gasteiger partial charge in [-0.3, -0.25) is 9.78 Å². The van der Waals surface area contributed by atoms with Gasteiger partial charge in [0.1, 0.15) is 5.75 Å². The van der Waals surface area contributed by atoms with Gasteiger partial charge in [-0.25, -0.2) is 0 Å². The van der Waals surface area contributed by atoms with Crippen LogP contribution in [-0.4, -0.2) is 18.4 Å². The summed E-state index contributed by atoms with van der Waals surface area (Å²) < 4.78 is 5.25. The van der Waals surface area contributed by atoms with Gasteiger partial charge in [-0.1, -0.05) is 30.3 Å². The van der Waals surface area contributed by atoms with Crippen molar-refractivity contribution in [3.05, 3.63) is 48.3 Å². The molecule has 1 aromatic carbocycles. The molecular formula is C13H11NO2.